The van der Waals surface area contributed by atoms with Gasteiger partial charge in [-0.1, -0.05) is 12.1 Å². The van der Waals surface area contributed by atoms with Crippen LogP contribution in [-0.2, 0) is 0 Å². The second-order valence-electron chi connectivity index (χ2n) is 4.54. The van der Waals surface area contributed by atoms with Crippen molar-refractivity contribution >= 4 is 11.8 Å². The molecule has 1 fully saturated rings. The Labute approximate surface area is 108 Å². The van der Waals surface area contributed by atoms with Crippen molar-refractivity contribution in [1.82, 2.24) is 5.32 Å². The highest BCUT2D eigenvalue weighted by Gasteiger charge is 2.31. The standard InChI is InChI=1S/C14H21NOS/c1-16-13-7-5-12(6-8-13)14(11-3-4-11)15-9-10-17-2/h5-8,11,14-15H,3-4,9-10H2,1-2H3. The van der Waals surface area contributed by atoms with E-state index in [1.54, 1.807) is 7.11 Å². The predicted octanol–water partition coefficient (Wildman–Crippen LogP) is 3.10. The zero-order valence-corrected chi connectivity index (χ0v) is 11.4. The molecule has 3 heteroatoms. The number of methoxy groups -OCH3 is 1. The Kier molecular flexibility index (Phi) is 4.75. The van der Waals surface area contributed by atoms with Gasteiger partial charge in [-0.05, 0) is 42.7 Å². The molecule has 0 aliphatic heterocycles. The first-order valence-electron chi connectivity index (χ1n) is 6.21. The molecular weight excluding hydrogens is 230 g/mol. The van der Waals surface area contributed by atoms with Gasteiger partial charge in [0.15, 0.2) is 0 Å². The Bertz CT molecular complexity index is 335. The Morgan fingerprint density at radius 1 is 1.35 bits per heavy atom. The SMILES string of the molecule is COc1ccc(C(NCCSC)C2CC2)cc1. The van der Waals surface area contributed by atoms with Crippen LogP contribution in [0.25, 0.3) is 0 Å². The number of hydrogen-bond acceptors (Lipinski definition) is 3. The van der Waals surface area contributed by atoms with Gasteiger partial charge in [0, 0.05) is 18.3 Å². The second-order valence-corrected chi connectivity index (χ2v) is 5.52. The summed E-state index contributed by atoms with van der Waals surface area (Å²) in [6, 6.07) is 9.03. The van der Waals surface area contributed by atoms with Gasteiger partial charge in [0.05, 0.1) is 7.11 Å². The van der Waals surface area contributed by atoms with Gasteiger partial charge in [0.25, 0.3) is 0 Å². The van der Waals surface area contributed by atoms with Crippen molar-refractivity contribution in [3.05, 3.63) is 29.8 Å². The third-order valence-corrected chi connectivity index (χ3v) is 3.85. The Hall–Kier alpha value is -0.670. The molecule has 1 aromatic rings. The number of ether oxygens (including phenoxy) is 1. The molecule has 0 bridgehead atoms. The van der Waals surface area contributed by atoms with Gasteiger partial charge >= 0.3 is 0 Å². The quantitative estimate of drug-likeness (QED) is 0.752. The lowest BCUT2D eigenvalue weighted by molar-refractivity contribution is 0.414. The molecular formula is C14H21NOS. The lowest BCUT2D eigenvalue weighted by Crippen LogP contribution is -2.25. The fourth-order valence-corrected chi connectivity index (χ4v) is 2.44. The zero-order chi connectivity index (χ0) is 12.1. The number of hydrogen-bond donors (Lipinski definition) is 1. The molecule has 0 heterocycles. The van der Waals surface area contributed by atoms with E-state index in [0.29, 0.717) is 6.04 Å². The van der Waals surface area contributed by atoms with Crippen molar-refractivity contribution in [3.8, 4) is 5.75 Å². The van der Waals surface area contributed by atoms with Crippen LogP contribution in [0.5, 0.6) is 5.75 Å². The van der Waals surface area contributed by atoms with Gasteiger partial charge in [0.1, 0.15) is 5.75 Å². The first kappa shape index (κ1) is 12.8. The average molecular weight is 251 g/mol. The highest BCUT2D eigenvalue weighted by atomic mass is 32.2. The van der Waals surface area contributed by atoms with Gasteiger partial charge < -0.3 is 10.1 Å². The number of nitrogens with one attached hydrogen (secondary N) is 1. The first-order valence-corrected chi connectivity index (χ1v) is 7.61. The molecule has 17 heavy (non-hydrogen) atoms. The van der Waals surface area contributed by atoms with E-state index in [1.807, 2.05) is 11.8 Å². The predicted molar refractivity (Wildman–Crippen MR) is 74.8 cm³/mol. The zero-order valence-electron chi connectivity index (χ0n) is 10.6. The first-order chi connectivity index (χ1) is 8.35. The maximum absolute atomic E-state index is 5.20. The van der Waals surface area contributed by atoms with Gasteiger partial charge in [-0.15, -0.1) is 0 Å². The van der Waals surface area contributed by atoms with E-state index in [4.69, 9.17) is 4.74 Å². The van der Waals surface area contributed by atoms with E-state index >= 15 is 0 Å². The number of rotatable bonds is 7. The lowest BCUT2D eigenvalue weighted by Gasteiger charge is -2.18. The third kappa shape index (κ3) is 3.65. The summed E-state index contributed by atoms with van der Waals surface area (Å²) in [4.78, 5) is 0. The Morgan fingerprint density at radius 3 is 2.59 bits per heavy atom. The molecule has 2 nitrogen and oxygen atoms in total. The largest absolute Gasteiger partial charge is 0.497 e. The summed E-state index contributed by atoms with van der Waals surface area (Å²) in [6.45, 7) is 1.09. The molecule has 0 aromatic heterocycles. The van der Waals surface area contributed by atoms with Crippen molar-refractivity contribution in [2.75, 3.05) is 25.7 Å². The van der Waals surface area contributed by atoms with Crippen LogP contribution in [0.4, 0.5) is 0 Å². The summed E-state index contributed by atoms with van der Waals surface area (Å²) in [5, 5.41) is 3.67. The minimum atomic E-state index is 0.535. The van der Waals surface area contributed by atoms with Crippen LogP contribution in [0.3, 0.4) is 0 Å². The fourth-order valence-electron chi connectivity index (χ4n) is 2.11. The lowest BCUT2D eigenvalue weighted by atomic mass is 10.0. The molecule has 0 spiro atoms. The van der Waals surface area contributed by atoms with Crippen molar-refractivity contribution in [2.45, 2.75) is 18.9 Å². The van der Waals surface area contributed by atoms with Crippen LogP contribution in [0.15, 0.2) is 24.3 Å². The van der Waals surface area contributed by atoms with Gasteiger partial charge in [0.2, 0.25) is 0 Å². The average Bonchev–Trinajstić information content (AvgIpc) is 3.19. The maximum atomic E-state index is 5.20. The van der Waals surface area contributed by atoms with Crippen LogP contribution in [0.2, 0.25) is 0 Å². The second kappa shape index (κ2) is 6.31. The molecule has 94 valence electrons. The summed E-state index contributed by atoms with van der Waals surface area (Å²) >= 11 is 1.89. The van der Waals surface area contributed by atoms with Gasteiger partial charge in [-0.2, -0.15) is 11.8 Å². The third-order valence-electron chi connectivity index (χ3n) is 3.24. The van der Waals surface area contributed by atoms with Crippen LogP contribution >= 0.6 is 11.8 Å². The molecule has 1 N–H and O–H groups in total. The topological polar surface area (TPSA) is 21.3 Å². The Balaban J connectivity index is 1.98. The Morgan fingerprint density at radius 2 is 2.06 bits per heavy atom. The van der Waals surface area contributed by atoms with E-state index in [2.05, 4.69) is 35.8 Å². The molecule has 2 rings (SSSR count). The van der Waals surface area contributed by atoms with E-state index < -0.39 is 0 Å². The summed E-state index contributed by atoms with van der Waals surface area (Å²) in [6.07, 6.45) is 4.88. The van der Waals surface area contributed by atoms with E-state index in [0.717, 1.165) is 18.2 Å². The molecule has 1 aromatic carbocycles. The summed E-state index contributed by atoms with van der Waals surface area (Å²) in [5.74, 6) is 2.96. The van der Waals surface area contributed by atoms with Crippen molar-refractivity contribution in [1.29, 1.82) is 0 Å². The minimum absolute atomic E-state index is 0.535. The molecule has 1 aliphatic carbocycles. The highest BCUT2D eigenvalue weighted by molar-refractivity contribution is 7.98. The molecule has 0 amide bonds. The van der Waals surface area contributed by atoms with E-state index in [-0.39, 0.29) is 0 Å². The van der Waals surface area contributed by atoms with E-state index in [9.17, 15) is 0 Å². The monoisotopic (exact) mass is 251 g/mol. The summed E-state index contributed by atoms with van der Waals surface area (Å²) in [5.41, 5.74) is 1.40. The highest BCUT2D eigenvalue weighted by Crippen LogP contribution is 2.41. The van der Waals surface area contributed by atoms with Crippen LogP contribution in [0.1, 0.15) is 24.4 Å². The van der Waals surface area contributed by atoms with Gasteiger partial charge in [-0.25, -0.2) is 0 Å². The normalized spacial score (nSPS) is 16.8. The van der Waals surface area contributed by atoms with Crippen LogP contribution < -0.4 is 10.1 Å². The van der Waals surface area contributed by atoms with Crippen LogP contribution in [0, 0.1) is 5.92 Å². The molecule has 0 radical (unpaired) electrons. The molecule has 1 unspecified atom stereocenters. The molecule has 1 aliphatic rings. The van der Waals surface area contributed by atoms with Crippen molar-refractivity contribution < 1.29 is 4.74 Å². The number of benzene rings is 1. The smallest absolute Gasteiger partial charge is 0.118 e. The molecule has 1 atom stereocenters. The van der Waals surface area contributed by atoms with Crippen molar-refractivity contribution in [3.63, 3.8) is 0 Å². The van der Waals surface area contributed by atoms with Gasteiger partial charge in [-0.3, -0.25) is 0 Å². The minimum Gasteiger partial charge on any atom is -0.497 e. The fraction of sp³-hybridized carbons (Fsp3) is 0.571. The number of thioether (sulfide) groups is 1. The van der Waals surface area contributed by atoms with Crippen molar-refractivity contribution in [2.24, 2.45) is 5.92 Å². The molecule has 0 saturated heterocycles. The van der Waals surface area contributed by atoms with E-state index in [1.165, 1.54) is 24.2 Å². The maximum Gasteiger partial charge on any atom is 0.118 e. The van der Waals surface area contributed by atoms with Crippen LogP contribution in [-0.4, -0.2) is 25.7 Å². The summed E-state index contributed by atoms with van der Waals surface area (Å²) in [7, 11) is 1.71. The molecule has 1 saturated carbocycles. The summed E-state index contributed by atoms with van der Waals surface area (Å²) < 4.78 is 5.20.